The molecule has 0 atom stereocenters. The highest BCUT2D eigenvalue weighted by molar-refractivity contribution is 5.83. The van der Waals surface area contributed by atoms with Crippen LogP contribution in [0.4, 0.5) is 5.69 Å². The number of fused-ring (bicyclic) bond motifs is 1. The van der Waals surface area contributed by atoms with E-state index < -0.39 is 0 Å². The van der Waals surface area contributed by atoms with Gasteiger partial charge in [-0.25, -0.2) is 4.98 Å². The summed E-state index contributed by atoms with van der Waals surface area (Å²) >= 11 is 0. The van der Waals surface area contributed by atoms with Gasteiger partial charge in [-0.2, -0.15) is 5.26 Å². The number of ether oxygens (including phenoxy) is 1. The van der Waals surface area contributed by atoms with Crippen molar-refractivity contribution in [2.45, 2.75) is 6.92 Å². The topological polar surface area (TPSA) is 62.9 Å². The summed E-state index contributed by atoms with van der Waals surface area (Å²) in [5.74, 6) is 1.46. The molecule has 24 heavy (non-hydrogen) atoms. The molecule has 0 saturated heterocycles. The van der Waals surface area contributed by atoms with Crippen LogP contribution in [0.1, 0.15) is 12.7 Å². The van der Waals surface area contributed by atoms with Gasteiger partial charge in [0.2, 0.25) is 0 Å². The first-order chi connectivity index (χ1) is 11.7. The molecule has 3 aromatic rings. The second-order valence-electron chi connectivity index (χ2n) is 5.25. The third-order valence-corrected chi connectivity index (χ3v) is 3.70. The van der Waals surface area contributed by atoms with Crippen LogP contribution in [0.2, 0.25) is 0 Å². The highest BCUT2D eigenvalue weighted by Crippen LogP contribution is 2.21. The van der Waals surface area contributed by atoms with E-state index in [1.54, 1.807) is 6.20 Å². The van der Waals surface area contributed by atoms with E-state index in [-0.39, 0.29) is 0 Å². The zero-order chi connectivity index (χ0) is 16.9. The van der Waals surface area contributed by atoms with Gasteiger partial charge in [-0.3, -0.25) is 0 Å². The quantitative estimate of drug-likeness (QED) is 0.724. The van der Waals surface area contributed by atoms with Gasteiger partial charge in [0, 0.05) is 18.9 Å². The van der Waals surface area contributed by atoms with Crippen LogP contribution in [0.5, 0.6) is 5.75 Å². The molecule has 0 radical (unpaired) electrons. The van der Waals surface area contributed by atoms with Crippen molar-refractivity contribution in [3.63, 3.8) is 0 Å². The molecule has 1 aromatic heterocycles. The Bertz CT molecular complexity index is 917. The summed E-state index contributed by atoms with van der Waals surface area (Å²) in [7, 11) is 1.91. The van der Waals surface area contributed by atoms with Crippen molar-refractivity contribution in [2.75, 3.05) is 11.9 Å². The highest BCUT2D eigenvalue weighted by Gasteiger charge is 2.11. The van der Waals surface area contributed by atoms with Crippen molar-refractivity contribution in [2.24, 2.45) is 7.05 Å². The molecular formula is C19H18N4O. The molecule has 0 aliphatic carbocycles. The number of nitriles is 1. The molecule has 0 bridgehead atoms. The predicted octanol–water partition coefficient (Wildman–Crippen LogP) is 3.95. The number of hydrogen-bond donors (Lipinski definition) is 1. The Labute approximate surface area is 140 Å². The Morgan fingerprint density at radius 3 is 2.67 bits per heavy atom. The molecule has 0 saturated carbocycles. The fraction of sp³-hybridized carbons (Fsp3) is 0.158. The average molecular weight is 318 g/mol. The van der Waals surface area contributed by atoms with Gasteiger partial charge in [0.05, 0.1) is 17.6 Å². The molecule has 0 aliphatic rings. The maximum atomic E-state index is 9.49. The maximum absolute atomic E-state index is 9.49. The van der Waals surface area contributed by atoms with Crippen molar-refractivity contribution < 1.29 is 4.74 Å². The monoisotopic (exact) mass is 318 g/mol. The van der Waals surface area contributed by atoms with Gasteiger partial charge in [-0.05, 0) is 43.3 Å². The maximum Gasteiger partial charge on any atom is 0.153 e. The summed E-state index contributed by atoms with van der Waals surface area (Å²) < 4.78 is 7.34. The van der Waals surface area contributed by atoms with Crippen molar-refractivity contribution in [3.05, 3.63) is 60.6 Å². The summed E-state index contributed by atoms with van der Waals surface area (Å²) in [5, 5.41) is 12.6. The number of benzene rings is 2. The first-order valence-corrected chi connectivity index (χ1v) is 7.74. The molecule has 5 heteroatoms. The minimum Gasteiger partial charge on any atom is -0.494 e. The lowest BCUT2D eigenvalue weighted by Gasteiger charge is -2.06. The number of nitrogens with one attached hydrogen (secondary N) is 1. The molecule has 0 spiro atoms. The Morgan fingerprint density at radius 2 is 2.00 bits per heavy atom. The van der Waals surface area contributed by atoms with Crippen LogP contribution >= 0.6 is 0 Å². The number of nitrogens with zero attached hydrogens (tertiary/aromatic N) is 3. The molecule has 120 valence electrons. The Balaban J connectivity index is 1.86. The molecule has 1 heterocycles. The highest BCUT2D eigenvalue weighted by atomic mass is 16.5. The minimum atomic E-state index is 0.475. The van der Waals surface area contributed by atoms with Gasteiger partial charge >= 0.3 is 0 Å². The van der Waals surface area contributed by atoms with Crippen LogP contribution in [0.25, 0.3) is 16.6 Å². The van der Waals surface area contributed by atoms with E-state index in [2.05, 4.69) is 16.4 Å². The zero-order valence-corrected chi connectivity index (χ0v) is 13.7. The van der Waals surface area contributed by atoms with E-state index in [0.717, 1.165) is 22.5 Å². The SMILES string of the molecule is CCOc1ccc(NC=C(C#N)c2nc3ccccc3n2C)cc1. The van der Waals surface area contributed by atoms with Crippen LogP contribution in [0, 0.1) is 11.3 Å². The number of imidazole rings is 1. The zero-order valence-electron chi connectivity index (χ0n) is 13.7. The fourth-order valence-electron chi connectivity index (χ4n) is 2.50. The first kappa shape index (κ1) is 15.6. The number of rotatable bonds is 5. The summed E-state index contributed by atoms with van der Waals surface area (Å²) in [6.07, 6.45) is 1.68. The standard InChI is InChI=1S/C19H18N4O/c1-3-24-16-10-8-15(9-11-16)21-13-14(12-20)19-22-17-6-4-5-7-18(17)23(19)2/h4-11,13,21H,3H2,1-2H3. The number of aromatic nitrogens is 2. The van der Waals surface area contributed by atoms with E-state index in [4.69, 9.17) is 4.74 Å². The van der Waals surface area contributed by atoms with Gasteiger partial charge < -0.3 is 14.6 Å². The van der Waals surface area contributed by atoms with Gasteiger partial charge in [0.1, 0.15) is 17.4 Å². The smallest absolute Gasteiger partial charge is 0.153 e. The normalized spacial score (nSPS) is 11.3. The van der Waals surface area contributed by atoms with Crippen LogP contribution in [-0.4, -0.2) is 16.2 Å². The van der Waals surface area contributed by atoms with E-state index in [9.17, 15) is 5.26 Å². The van der Waals surface area contributed by atoms with E-state index in [0.29, 0.717) is 18.0 Å². The number of allylic oxidation sites excluding steroid dienone is 1. The third-order valence-electron chi connectivity index (χ3n) is 3.70. The predicted molar refractivity (Wildman–Crippen MR) is 95.5 cm³/mol. The lowest BCUT2D eigenvalue weighted by molar-refractivity contribution is 0.340. The number of para-hydroxylation sites is 2. The van der Waals surface area contributed by atoms with Crippen molar-refractivity contribution in [1.82, 2.24) is 9.55 Å². The Kier molecular flexibility index (Phi) is 4.48. The van der Waals surface area contributed by atoms with Gasteiger partial charge in [-0.1, -0.05) is 12.1 Å². The first-order valence-electron chi connectivity index (χ1n) is 7.74. The second-order valence-corrected chi connectivity index (χ2v) is 5.25. The van der Waals surface area contributed by atoms with E-state index in [1.807, 2.05) is 67.1 Å². The Hall–Kier alpha value is -3.26. The number of aryl methyl sites for hydroxylation is 1. The van der Waals surface area contributed by atoms with E-state index >= 15 is 0 Å². The van der Waals surface area contributed by atoms with Crippen LogP contribution in [0.3, 0.4) is 0 Å². The third kappa shape index (κ3) is 3.08. The van der Waals surface area contributed by atoms with Crippen molar-refractivity contribution >= 4 is 22.3 Å². The molecule has 1 N–H and O–H groups in total. The summed E-state index contributed by atoms with van der Waals surface area (Å²) in [4.78, 5) is 4.55. The number of anilines is 1. The molecule has 3 rings (SSSR count). The molecular weight excluding hydrogens is 300 g/mol. The second kappa shape index (κ2) is 6.88. The molecule has 5 nitrogen and oxygen atoms in total. The lowest BCUT2D eigenvalue weighted by Crippen LogP contribution is -1.98. The molecule has 0 amide bonds. The van der Waals surface area contributed by atoms with Crippen LogP contribution in [0.15, 0.2) is 54.7 Å². The van der Waals surface area contributed by atoms with Crippen LogP contribution < -0.4 is 10.1 Å². The molecule has 2 aromatic carbocycles. The molecule has 0 fully saturated rings. The molecule has 0 aliphatic heterocycles. The summed E-state index contributed by atoms with van der Waals surface area (Å²) in [6.45, 7) is 2.59. The molecule has 0 unspecified atom stereocenters. The van der Waals surface area contributed by atoms with E-state index in [1.165, 1.54) is 0 Å². The fourth-order valence-corrected chi connectivity index (χ4v) is 2.50. The lowest BCUT2D eigenvalue weighted by atomic mass is 10.2. The summed E-state index contributed by atoms with van der Waals surface area (Å²) in [5.41, 5.74) is 3.22. The largest absolute Gasteiger partial charge is 0.494 e. The van der Waals surface area contributed by atoms with Crippen molar-refractivity contribution in [1.29, 1.82) is 5.26 Å². The average Bonchev–Trinajstić information content (AvgIpc) is 2.95. The number of hydrogen-bond acceptors (Lipinski definition) is 4. The van der Waals surface area contributed by atoms with Gasteiger partial charge in [0.25, 0.3) is 0 Å². The van der Waals surface area contributed by atoms with Crippen LogP contribution in [-0.2, 0) is 7.05 Å². The summed E-state index contributed by atoms with van der Waals surface area (Å²) in [6, 6.07) is 17.6. The van der Waals surface area contributed by atoms with Gasteiger partial charge in [-0.15, -0.1) is 0 Å². The Morgan fingerprint density at radius 1 is 1.25 bits per heavy atom. The van der Waals surface area contributed by atoms with Gasteiger partial charge in [0.15, 0.2) is 5.82 Å². The minimum absolute atomic E-state index is 0.475. The van der Waals surface area contributed by atoms with Crippen molar-refractivity contribution in [3.8, 4) is 11.8 Å².